The molecule has 2 aliphatic rings. The summed E-state index contributed by atoms with van der Waals surface area (Å²) in [5, 5.41) is 17.5. The minimum absolute atomic E-state index is 0.157. The molecule has 1 fully saturated rings. The first-order valence-electron chi connectivity index (χ1n) is 10.6. The highest BCUT2D eigenvalue weighted by atomic mass is 16.5. The number of aryl methyl sites for hydroxylation is 2. The summed E-state index contributed by atoms with van der Waals surface area (Å²) < 4.78 is 5.40. The van der Waals surface area contributed by atoms with E-state index in [0.717, 1.165) is 35.5 Å². The highest BCUT2D eigenvalue weighted by Crippen LogP contribution is 2.37. The molecule has 6 nitrogen and oxygen atoms in total. The molecule has 0 atom stereocenters. The van der Waals surface area contributed by atoms with Crippen LogP contribution in [-0.2, 0) is 16.0 Å². The number of hydrogen-bond donors (Lipinski definition) is 4. The van der Waals surface area contributed by atoms with E-state index in [1.54, 1.807) is 6.08 Å². The van der Waals surface area contributed by atoms with Crippen molar-refractivity contribution < 1.29 is 9.53 Å². The van der Waals surface area contributed by atoms with E-state index < -0.39 is 0 Å². The van der Waals surface area contributed by atoms with Gasteiger partial charge in [-0.15, -0.1) is 0 Å². The Morgan fingerprint density at radius 1 is 1.23 bits per heavy atom. The third kappa shape index (κ3) is 4.39. The summed E-state index contributed by atoms with van der Waals surface area (Å²) in [7, 11) is 0. The fraction of sp³-hybridized carbons (Fsp3) is 0.280. The fourth-order valence-electron chi connectivity index (χ4n) is 3.99. The van der Waals surface area contributed by atoms with E-state index in [2.05, 4.69) is 54.1 Å². The molecule has 0 radical (unpaired) electrons. The zero-order valence-electron chi connectivity index (χ0n) is 18.2. The number of hydrogen-bond acceptors (Lipinski definition) is 4. The van der Waals surface area contributed by atoms with E-state index in [-0.39, 0.29) is 11.7 Å². The number of fused-ring (bicyclic) bond motifs is 1. The predicted octanol–water partition coefficient (Wildman–Crippen LogP) is 3.98. The van der Waals surface area contributed by atoms with Gasteiger partial charge in [0, 0.05) is 35.3 Å². The average molecular weight is 417 g/mol. The third-order valence-corrected chi connectivity index (χ3v) is 5.66. The summed E-state index contributed by atoms with van der Waals surface area (Å²) in [6, 6.07) is 12.6. The number of carbonyl (C=O) groups is 1. The van der Waals surface area contributed by atoms with Crippen molar-refractivity contribution in [1.82, 2.24) is 10.6 Å². The maximum absolute atomic E-state index is 12.7. The van der Waals surface area contributed by atoms with Gasteiger partial charge in [0.05, 0.1) is 18.8 Å². The molecule has 0 aromatic heterocycles. The molecule has 2 heterocycles. The molecule has 1 amide bonds. The van der Waals surface area contributed by atoms with E-state index in [1.807, 2.05) is 19.1 Å². The van der Waals surface area contributed by atoms with Gasteiger partial charge in [0.15, 0.2) is 0 Å². The topological polar surface area (TPSA) is 86.2 Å². The van der Waals surface area contributed by atoms with Gasteiger partial charge in [0.1, 0.15) is 5.84 Å². The molecule has 0 bridgehead atoms. The molecule has 0 saturated carbocycles. The van der Waals surface area contributed by atoms with Crippen molar-refractivity contribution in [3.8, 4) is 11.1 Å². The Balaban J connectivity index is 1.66. The fourth-order valence-corrected chi connectivity index (χ4v) is 3.99. The lowest BCUT2D eigenvalue weighted by Gasteiger charge is -2.18. The van der Waals surface area contributed by atoms with Crippen LogP contribution in [0.2, 0.25) is 0 Å². The summed E-state index contributed by atoms with van der Waals surface area (Å²) in [5.41, 5.74) is 8.45. The van der Waals surface area contributed by atoms with Crippen LogP contribution in [0.5, 0.6) is 0 Å². The Labute approximate surface area is 182 Å². The van der Waals surface area contributed by atoms with Crippen molar-refractivity contribution >= 4 is 23.0 Å². The lowest BCUT2D eigenvalue weighted by Crippen LogP contribution is -2.31. The van der Waals surface area contributed by atoms with Crippen LogP contribution < -0.4 is 16.0 Å². The number of amides is 1. The minimum Gasteiger partial charge on any atom is -0.384 e. The molecule has 0 aliphatic carbocycles. The summed E-state index contributed by atoms with van der Waals surface area (Å²) >= 11 is 0. The quantitative estimate of drug-likeness (QED) is 0.345. The number of benzene rings is 2. The molecule has 2 aliphatic heterocycles. The van der Waals surface area contributed by atoms with Gasteiger partial charge in [0.25, 0.3) is 5.91 Å². The summed E-state index contributed by atoms with van der Waals surface area (Å²) in [6.07, 6.45) is 2.68. The van der Waals surface area contributed by atoms with Crippen molar-refractivity contribution in [1.29, 1.82) is 5.41 Å². The van der Waals surface area contributed by atoms with Gasteiger partial charge in [0.2, 0.25) is 0 Å². The van der Waals surface area contributed by atoms with Gasteiger partial charge in [-0.3, -0.25) is 10.2 Å². The average Bonchev–Trinajstić information content (AvgIpc) is 3.09. The van der Waals surface area contributed by atoms with Crippen LogP contribution in [0.25, 0.3) is 16.7 Å². The van der Waals surface area contributed by atoms with Crippen LogP contribution >= 0.6 is 0 Å². The molecule has 4 rings (SSSR count). The SMILES string of the molecule is CCc1ccc(C)c(-c2ccc3c(c2)/C(=C(\C)NC(=N)/C=C2/COCCN2)C(=O)N3)c1. The Hall–Kier alpha value is -3.38. The number of amidine groups is 1. The normalized spacial score (nSPS) is 18.3. The Kier molecular flexibility index (Phi) is 5.91. The van der Waals surface area contributed by atoms with Gasteiger partial charge >= 0.3 is 0 Å². The van der Waals surface area contributed by atoms with Crippen molar-refractivity contribution in [2.75, 3.05) is 25.1 Å². The summed E-state index contributed by atoms with van der Waals surface area (Å²) in [6.45, 7) is 7.94. The monoisotopic (exact) mass is 416 g/mol. The maximum Gasteiger partial charge on any atom is 0.258 e. The smallest absolute Gasteiger partial charge is 0.258 e. The number of anilines is 1. The van der Waals surface area contributed by atoms with Crippen LogP contribution in [0, 0.1) is 12.3 Å². The van der Waals surface area contributed by atoms with E-state index >= 15 is 0 Å². The largest absolute Gasteiger partial charge is 0.384 e. The molecule has 2 aromatic carbocycles. The number of nitrogens with one attached hydrogen (secondary N) is 4. The lowest BCUT2D eigenvalue weighted by atomic mass is 9.94. The molecule has 1 saturated heterocycles. The molecule has 160 valence electrons. The van der Waals surface area contributed by atoms with Gasteiger partial charge in [-0.2, -0.15) is 0 Å². The van der Waals surface area contributed by atoms with Crippen molar-refractivity contribution in [3.05, 3.63) is 70.6 Å². The second kappa shape index (κ2) is 8.78. The molecule has 0 unspecified atom stereocenters. The second-order valence-electron chi connectivity index (χ2n) is 7.90. The maximum atomic E-state index is 12.7. The van der Waals surface area contributed by atoms with E-state index in [0.29, 0.717) is 24.5 Å². The van der Waals surface area contributed by atoms with Gasteiger partial charge in [-0.25, -0.2) is 0 Å². The molecule has 2 aromatic rings. The Morgan fingerprint density at radius 3 is 2.81 bits per heavy atom. The Morgan fingerprint density at radius 2 is 2.06 bits per heavy atom. The van der Waals surface area contributed by atoms with Crippen LogP contribution in [0.1, 0.15) is 30.5 Å². The first-order chi connectivity index (χ1) is 15.0. The third-order valence-electron chi connectivity index (χ3n) is 5.66. The van der Waals surface area contributed by atoms with Crippen LogP contribution in [0.15, 0.2) is 53.9 Å². The number of morpholine rings is 1. The van der Waals surface area contributed by atoms with Gasteiger partial charge in [-0.1, -0.05) is 31.2 Å². The highest BCUT2D eigenvalue weighted by molar-refractivity contribution is 6.32. The summed E-state index contributed by atoms with van der Waals surface area (Å²) in [5.74, 6) is 0.0534. The molecule has 4 N–H and O–H groups in total. The highest BCUT2D eigenvalue weighted by Gasteiger charge is 2.27. The first kappa shape index (κ1) is 20.9. The molecule has 0 spiro atoms. The molecular formula is C25H28N4O2. The van der Waals surface area contributed by atoms with Crippen LogP contribution in [0.3, 0.4) is 0 Å². The molecule has 31 heavy (non-hydrogen) atoms. The van der Waals surface area contributed by atoms with E-state index in [9.17, 15) is 4.79 Å². The van der Waals surface area contributed by atoms with E-state index in [4.69, 9.17) is 10.1 Å². The number of carbonyl (C=O) groups excluding carboxylic acids is 1. The van der Waals surface area contributed by atoms with Crippen molar-refractivity contribution in [2.24, 2.45) is 0 Å². The number of rotatable bonds is 4. The van der Waals surface area contributed by atoms with Crippen molar-refractivity contribution in [2.45, 2.75) is 27.2 Å². The lowest BCUT2D eigenvalue weighted by molar-refractivity contribution is -0.110. The second-order valence-corrected chi connectivity index (χ2v) is 7.90. The molecular weight excluding hydrogens is 388 g/mol. The van der Waals surface area contributed by atoms with Crippen LogP contribution in [-0.4, -0.2) is 31.5 Å². The van der Waals surface area contributed by atoms with Crippen molar-refractivity contribution in [3.63, 3.8) is 0 Å². The van der Waals surface area contributed by atoms with Gasteiger partial charge < -0.3 is 20.7 Å². The molecule has 6 heteroatoms. The standard InChI is InChI=1S/C25H28N4O2/c1-4-17-6-5-15(2)20(11-17)18-7-8-22-21(12-18)24(25(30)29-22)16(3)28-23(26)13-19-14-31-10-9-27-19/h5-8,11-13,27H,4,9-10,14H2,1-3H3,(H2,26,28)(H,29,30)/b19-13-,24-16-. The zero-order chi connectivity index (χ0) is 22.0. The predicted molar refractivity (Wildman–Crippen MR) is 125 cm³/mol. The zero-order valence-corrected chi connectivity index (χ0v) is 18.2. The van der Waals surface area contributed by atoms with Gasteiger partial charge in [-0.05, 0) is 54.7 Å². The van der Waals surface area contributed by atoms with E-state index in [1.165, 1.54) is 16.7 Å². The van der Waals surface area contributed by atoms with Crippen LogP contribution in [0.4, 0.5) is 5.69 Å². The number of ether oxygens (including phenoxy) is 1. The number of allylic oxidation sites excluding steroid dienone is 1. The summed E-state index contributed by atoms with van der Waals surface area (Å²) in [4.78, 5) is 12.7. The first-order valence-corrected chi connectivity index (χ1v) is 10.6. The minimum atomic E-state index is -0.157. The Bertz CT molecular complexity index is 1110.